The van der Waals surface area contributed by atoms with E-state index in [1.54, 1.807) is 6.92 Å². The van der Waals surface area contributed by atoms with Gasteiger partial charge in [-0.15, -0.1) is 0 Å². The number of hydrogen-bond acceptors (Lipinski definition) is 8. The van der Waals surface area contributed by atoms with Gasteiger partial charge in [-0.05, 0) is 44.9 Å². The molecule has 5 atom stereocenters. The molecule has 5 amide bonds. The molecule has 0 aliphatic carbocycles. The molecule has 14 heteroatoms. The highest BCUT2D eigenvalue weighted by Gasteiger charge is 2.42. The fourth-order valence-corrected chi connectivity index (χ4v) is 6.52. The van der Waals surface area contributed by atoms with Gasteiger partial charge < -0.3 is 36.4 Å². The number of thioether (sulfide) groups is 1. The van der Waals surface area contributed by atoms with Crippen molar-refractivity contribution in [2.75, 3.05) is 25.5 Å². The molecule has 2 aliphatic heterocycles. The second-order valence-corrected chi connectivity index (χ2v) is 12.0. The van der Waals surface area contributed by atoms with Crippen LogP contribution in [0.25, 0.3) is 0 Å². The number of nitrogens with one attached hydrogen (secondary N) is 5. The first-order valence-corrected chi connectivity index (χ1v) is 16.1. The first-order valence-electron chi connectivity index (χ1n) is 15.0. The molecule has 2 heterocycles. The number of aliphatic carboxylic acids is 1. The largest absolute Gasteiger partial charge is 0.481 e. The van der Waals surface area contributed by atoms with E-state index in [0.717, 1.165) is 31.4 Å². The third kappa shape index (κ3) is 13.0. The Balaban J connectivity index is 1.72. The third-order valence-corrected chi connectivity index (χ3v) is 8.76. The SMILES string of the molecule is CCCOCC(=O)N[C@@H](CCCCNC(=O)CCCCC1SC[C@@H]2NC(=O)N[C@H]12)C(=O)N[C@@H](CCC(=O)O)C(=O)CC. The van der Waals surface area contributed by atoms with E-state index in [0.29, 0.717) is 37.7 Å². The maximum Gasteiger partial charge on any atom is 0.315 e. The summed E-state index contributed by atoms with van der Waals surface area (Å²) in [5.41, 5.74) is 0. The van der Waals surface area contributed by atoms with Gasteiger partial charge in [-0.25, -0.2) is 4.79 Å². The van der Waals surface area contributed by atoms with Crippen LogP contribution in [-0.2, 0) is 28.7 Å². The normalized spacial score (nSPS) is 20.5. The number of fused-ring (bicyclic) bond motifs is 1. The van der Waals surface area contributed by atoms with Gasteiger partial charge >= 0.3 is 12.0 Å². The lowest BCUT2D eigenvalue weighted by atomic mass is 10.0. The summed E-state index contributed by atoms with van der Waals surface area (Å²) in [5, 5.41) is 23.4. The highest BCUT2D eigenvalue weighted by atomic mass is 32.2. The molecule has 0 bridgehead atoms. The summed E-state index contributed by atoms with van der Waals surface area (Å²) in [6.07, 6.45) is 4.99. The lowest BCUT2D eigenvalue weighted by Crippen LogP contribution is -2.52. The van der Waals surface area contributed by atoms with Gasteiger partial charge in [-0.1, -0.05) is 20.3 Å². The molecule has 0 radical (unpaired) electrons. The summed E-state index contributed by atoms with van der Waals surface area (Å²) in [7, 11) is 0. The zero-order valence-electron chi connectivity index (χ0n) is 24.7. The van der Waals surface area contributed by atoms with Crippen LogP contribution in [0.15, 0.2) is 0 Å². The Hall–Kier alpha value is -2.87. The molecule has 0 spiro atoms. The van der Waals surface area contributed by atoms with Crippen LogP contribution in [0.1, 0.15) is 84.5 Å². The molecule has 6 N–H and O–H groups in total. The highest BCUT2D eigenvalue weighted by Crippen LogP contribution is 2.33. The number of hydrogen-bond donors (Lipinski definition) is 6. The molecule has 2 fully saturated rings. The number of ketones is 1. The maximum atomic E-state index is 13.0. The van der Waals surface area contributed by atoms with Crippen LogP contribution in [0, 0.1) is 0 Å². The average Bonchev–Trinajstić information content (AvgIpc) is 3.51. The van der Waals surface area contributed by atoms with Crippen LogP contribution >= 0.6 is 11.8 Å². The quantitative estimate of drug-likeness (QED) is 0.0770. The Labute approximate surface area is 251 Å². The van der Waals surface area contributed by atoms with Gasteiger partial charge in [0, 0.05) is 43.4 Å². The van der Waals surface area contributed by atoms with Crippen LogP contribution < -0.4 is 26.6 Å². The van der Waals surface area contributed by atoms with Gasteiger partial charge in [0.25, 0.3) is 0 Å². The molecule has 0 aromatic heterocycles. The number of amides is 5. The Morgan fingerprint density at radius 1 is 0.976 bits per heavy atom. The summed E-state index contributed by atoms with van der Waals surface area (Å²) in [6, 6.07) is -1.62. The van der Waals surface area contributed by atoms with E-state index in [4.69, 9.17) is 9.84 Å². The smallest absolute Gasteiger partial charge is 0.315 e. The number of unbranched alkanes of at least 4 members (excludes halogenated alkanes) is 2. The monoisotopic (exact) mass is 613 g/mol. The fourth-order valence-electron chi connectivity index (χ4n) is 4.98. The number of ether oxygens (including phenoxy) is 1. The van der Waals surface area contributed by atoms with E-state index in [1.807, 2.05) is 18.7 Å². The van der Waals surface area contributed by atoms with Crippen molar-refractivity contribution in [1.29, 1.82) is 0 Å². The average molecular weight is 614 g/mol. The predicted molar refractivity (Wildman–Crippen MR) is 158 cm³/mol. The molecule has 238 valence electrons. The minimum atomic E-state index is -1.07. The number of carboxylic acid groups (broad SMARTS) is 1. The number of carbonyl (C=O) groups excluding carboxylic acids is 5. The number of urea groups is 1. The lowest BCUT2D eigenvalue weighted by molar-refractivity contribution is -0.138. The summed E-state index contributed by atoms with van der Waals surface area (Å²) >= 11 is 1.86. The zero-order chi connectivity index (χ0) is 30.9. The second-order valence-electron chi connectivity index (χ2n) is 10.7. The minimum Gasteiger partial charge on any atom is -0.481 e. The molecular formula is C28H47N5O8S. The van der Waals surface area contributed by atoms with Gasteiger partial charge in [0.05, 0.1) is 18.1 Å². The first-order chi connectivity index (χ1) is 20.1. The van der Waals surface area contributed by atoms with Crippen molar-refractivity contribution in [3.05, 3.63) is 0 Å². The van der Waals surface area contributed by atoms with Gasteiger partial charge in [0.2, 0.25) is 17.7 Å². The van der Waals surface area contributed by atoms with Crippen LogP contribution in [-0.4, -0.2) is 95.5 Å². The highest BCUT2D eigenvalue weighted by molar-refractivity contribution is 8.00. The zero-order valence-corrected chi connectivity index (χ0v) is 25.5. The minimum absolute atomic E-state index is 0.0333. The Kier molecular flexibility index (Phi) is 16.3. The summed E-state index contributed by atoms with van der Waals surface area (Å²) < 4.78 is 5.26. The molecule has 2 rings (SSSR count). The predicted octanol–water partition coefficient (Wildman–Crippen LogP) is 1.24. The molecule has 0 aromatic rings. The van der Waals surface area contributed by atoms with Crippen LogP contribution in [0.3, 0.4) is 0 Å². The molecule has 1 unspecified atom stereocenters. The van der Waals surface area contributed by atoms with E-state index in [1.165, 1.54) is 0 Å². The van der Waals surface area contributed by atoms with E-state index in [2.05, 4.69) is 26.6 Å². The standard InChI is InChI=1S/C28H47N5O8S/c1-3-15-41-16-24(36)30-19(27(39)31-18(21(34)4-2)12-13-25(37)38)9-7-8-14-29-23(35)11-6-5-10-22-26-20(17-42-22)32-28(40)33-26/h18-20,22,26H,3-17H2,1-2H3,(H,29,35)(H,30,36)(H,31,39)(H,37,38)(H2,32,33,40)/t18-,19-,20-,22?,26-/m0/s1. The molecular weight excluding hydrogens is 566 g/mol. The van der Waals surface area contributed by atoms with Crippen molar-refractivity contribution in [1.82, 2.24) is 26.6 Å². The molecule has 2 saturated heterocycles. The number of rotatable bonds is 22. The Morgan fingerprint density at radius 2 is 1.76 bits per heavy atom. The molecule has 2 aliphatic rings. The maximum absolute atomic E-state index is 13.0. The number of carbonyl (C=O) groups is 6. The van der Waals surface area contributed by atoms with Crippen molar-refractivity contribution in [2.45, 2.75) is 114 Å². The molecule has 42 heavy (non-hydrogen) atoms. The number of carboxylic acids is 1. The van der Waals surface area contributed by atoms with Crippen molar-refractivity contribution in [3.8, 4) is 0 Å². The van der Waals surface area contributed by atoms with Crippen molar-refractivity contribution < 1.29 is 38.6 Å². The lowest BCUT2D eigenvalue weighted by Gasteiger charge is -2.22. The van der Waals surface area contributed by atoms with Gasteiger partial charge in [0.15, 0.2) is 5.78 Å². The number of Topliss-reactive ketones (excluding diaryl/α,β-unsaturated/α-hetero) is 1. The van der Waals surface area contributed by atoms with E-state index >= 15 is 0 Å². The van der Waals surface area contributed by atoms with Gasteiger partial charge in [-0.2, -0.15) is 11.8 Å². The van der Waals surface area contributed by atoms with E-state index in [-0.39, 0.29) is 62.1 Å². The molecule has 0 saturated carbocycles. The van der Waals surface area contributed by atoms with E-state index in [9.17, 15) is 28.8 Å². The van der Waals surface area contributed by atoms with Crippen molar-refractivity contribution >= 4 is 47.3 Å². The van der Waals surface area contributed by atoms with Crippen LogP contribution in [0.2, 0.25) is 0 Å². The Bertz CT molecular complexity index is 936. The summed E-state index contributed by atoms with van der Waals surface area (Å²) in [5.74, 6) is -1.50. The summed E-state index contributed by atoms with van der Waals surface area (Å²) in [4.78, 5) is 72.4. The van der Waals surface area contributed by atoms with Crippen LogP contribution in [0.4, 0.5) is 4.79 Å². The summed E-state index contributed by atoms with van der Waals surface area (Å²) in [6.45, 7) is 4.18. The fraction of sp³-hybridized carbons (Fsp3) is 0.786. The molecule has 13 nitrogen and oxygen atoms in total. The van der Waals surface area contributed by atoms with Gasteiger partial charge in [0.1, 0.15) is 12.6 Å². The van der Waals surface area contributed by atoms with Crippen LogP contribution in [0.5, 0.6) is 0 Å². The van der Waals surface area contributed by atoms with Crippen molar-refractivity contribution in [2.24, 2.45) is 0 Å². The first kappa shape index (κ1) is 35.3. The van der Waals surface area contributed by atoms with E-state index < -0.39 is 29.9 Å². The topological polar surface area (TPSA) is 192 Å². The second kappa shape index (κ2) is 19.3. The third-order valence-electron chi connectivity index (χ3n) is 7.26. The Morgan fingerprint density at radius 3 is 2.48 bits per heavy atom. The van der Waals surface area contributed by atoms with Gasteiger partial charge in [-0.3, -0.25) is 24.0 Å². The van der Waals surface area contributed by atoms with Crippen molar-refractivity contribution in [3.63, 3.8) is 0 Å². The molecule has 0 aromatic carbocycles.